The Hall–Kier alpha value is -1.90. The van der Waals surface area contributed by atoms with Gasteiger partial charge in [0, 0.05) is 41.1 Å². The average molecular weight is 490 g/mol. The molecule has 2 aromatic rings. The van der Waals surface area contributed by atoms with Gasteiger partial charge in [0.1, 0.15) is 11.6 Å². The Morgan fingerprint density at radius 3 is 2.88 bits per heavy atom. The number of fused-ring (bicyclic) bond motifs is 1. The van der Waals surface area contributed by atoms with Crippen molar-refractivity contribution in [1.82, 2.24) is 9.88 Å². The third-order valence-corrected chi connectivity index (χ3v) is 8.87. The van der Waals surface area contributed by atoms with E-state index >= 15 is 0 Å². The van der Waals surface area contributed by atoms with E-state index in [1.54, 1.807) is 25.3 Å². The first-order valence-corrected chi connectivity index (χ1v) is 13.5. The van der Waals surface area contributed by atoms with Crippen molar-refractivity contribution >= 4 is 28.6 Å². The summed E-state index contributed by atoms with van der Waals surface area (Å²) in [7, 11) is 1.57. The molecule has 8 heteroatoms. The number of carboxylic acids is 1. The number of nitrogens with two attached hydrogens (primary N) is 1. The van der Waals surface area contributed by atoms with Crippen LogP contribution in [0.15, 0.2) is 24.4 Å². The van der Waals surface area contributed by atoms with Crippen LogP contribution >= 0.6 is 11.8 Å². The lowest BCUT2D eigenvalue weighted by molar-refractivity contribution is -0.146. The Morgan fingerprint density at radius 1 is 1.35 bits per heavy atom. The summed E-state index contributed by atoms with van der Waals surface area (Å²) in [6.07, 6.45) is 8.58. The number of likely N-dealkylation sites (tertiary alicyclic amines) is 1. The molecule has 1 aliphatic heterocycles. The molecule has 1 aromatic carbocycles. The van der Waals surface area contributed by atoms with Crippen LogP contribution < -0.4 is 10.5 Å². The second-order valence-electron chi connectivity index (χ2n) is 9.66. The van der Waals surface area contributed by atoms with Gasteiger partial charge in [-0.25, -0.2) is 4.39 Å². The predicted octanol–water partition coefficient (Wildman–Crippen LogP) is 4.86. The third kappa shape index (κ3) is 6.01. The SMILES string of the molecule is COc1ccc2ncc(F)c(C(N)CCC3CCN(CCSC4CCCC4)CC3C(=O)O)c2c1. The van der Waals surface area contributed by atoms with Crippen LogP contribution in [0.25, 0.3) is 10.9 Å². The number of methoxy groups -OCH3 is 1. The van der Waals surface area contributed by atoms with Gasteiger partial charge in [-0.2, -0.15) is 11.8 Å². The van der Waals surface area contributed by atoms with Crippen LogP contribution in [0.2, 0.25) is 0 Å². The van der Waals surface area contributed by atoms with Crippen molar-refractivity contribution in [1.29, 1.82) is 0 Å². The molecule has 2 aliphatic rings. The molecule has 1 saturated carbocycles. The van der Waals surface area contributed by atoms with Gasteiger partial charge in [0.25, 0.3) is 0 Å². The minimum Gasteiger partial charge on any atom is -0.497 e. The van der Waals surface area contributed by atoms with E-state index < -0.39 is 23.7 Å². The van der Waals surface area contributed by atoms with Gasteiger partial charge in [0.05, 0.1) is 24.7 Å². The molecular formula is C26H36FN3O3S. The standard InChI is InChI=1S/C26H36FN3O3S/c1-33-18-7-9-24-20(14-18)25(22(27)15-29-24)23(28)8-6-17-10-11-30(16-21(17)26(31)32)12-13-34-19-4-2-3-5-19/h7,9,14-15,17,19,21,23H,2-6,8,10-13,16,28H2,1H3,(H,31,32). The molecule has 186 valence electrons. The number of piperidine rings is 1. The van der Waals surface area contributed by atoms with Crippen LogP contribution in [0.1, 0.15) is 56.6 Å². The fraction of sp³-hybridized carbons (Fsp3) is 0.615. The highest BCUT2D eigenvalue weighted by atomic mass is 32.2. The van der Waals surface area contributed by atoms with E-state index in [1.807, 2.05) is 11.8 Å². The second kappa shape index (κ2) is 11.7. The number of nitrogens with zero attached hydrogens (tertiary/aromatic N) is 2. The number of hydrogen-bond donors (Lipinski definition) is 2. The lowest BCUT2D eigenvalue weighted by Gasteiger charge is -2.37. The lowest BCUT2D eigenvalue weighted by Crippen LogP contribution is -2.44. The van der Waals surface area contributed by atoms with E-state index in [9.17, 15) is 14.3 Å². The summed E-state index contributed by atoms with van der Waals surface area (Å²) >= 11 is 2.05. The molecule has 4 rings (SSSR count). The molecule has 0 bridgehead atoms. The summed E-state index contributed by atoms with van der Waals surface area (Å²) in [4.78, 5) is 18.5. The van der Waals surface area contributed by atoms with E-state index in [0.717, 1.165) is 30.5 Å². The second-order valence-corrected chi connectivity index (χ2v) is 11.1. The van der Waals surface area contributed by atoms with Crippen LogP contribution in [0, 0.1) is 17.7 Å². The van der Waals surface area contributed by atoms with Gasteiger partial charge in [-0.15, -0.1) is 0 Å². The first-order valence-electron chi connectivity index (χ1n) is 12.4. The number of carboxylic acid groups (broad SMARTS) is 1. The van der Waals surface area contributed by atoms with Crippen molar-refractivity contribution in [3.8, 4) is 5.75 Å². The number of aromatic nitrogens is 1. The first-order chi connectivity index (χ1) is 16.5. The van der Waals surface area contributed by atoms with Gasteiger partial charge in [-0.05, 0) is 62.8 Å². The zero-order valence-electron chi connectivity index (χ0n) is 19.9. The van der Waals surface area contributed by atoms with Crippen LogP contribution in [-0.2, 0) is 4.79 Å². The van der Waals surface area contributed by atoms with Gasteiger partial charge in [0.15, 0.2) is 0 Å². The van der Waals surface area contributed by atoms with E-state index in [1.165, 1.54) is 31.9 Å². The van der Waals surface area contributed by atoms with Crippen molar-refractivity contribution in [2.45, 2.75) is 56.2 Å². The van der Waals surface area contributed by atoms with Crippen LogP contribution in [-0.4, -0.2) is 58.7 Å². The predicted molar refractivity (Wildman–Crippen MR) is 135 cm³/mol. The average Bonchev–Trinajstić information content (AvgIpc) is 3.36. The minimum atomic E-state index is -0.739. The number of carbonyl (C=O) groups is 1. The molecule has 3 atom stereocenters. The molecule has 34 heavy (non-hydrogen) atoms. The number of hydrogen-bond acceptors (Lipinski definition) is 6. The highest BCUT2D eigenvalue weighted by Crippen LogP contribution is 2.34. The number of pyridine rings is 1. The number of halogens is 1. The third-order valence-electron chi connectivity index (χ3n) is 7.51. The van der Waals surface area contributed by atoms with Gasteiger partial charge in [-0.1, -0.05) is 12.8 Å². The van der Waals surface area contributed by atoms with E-state index in [0.29, 0.717) is 41.6 Å². The summed E-state index contributed by atoms with van der Waals surface area (Å²) < 4.78 is 20.1. The molecule has 3 N–H and O–H groups in total. The van der Waals surface area contributed by atoms with Gasteiger partial charge in [-0.3, -0.25) is 9.78 Å². The van der Waals surface area contributed by atoms with Crippen molar-refractivity contribution < 1.29 is 19.0 Å². The highest BCUT2D eigenvalue weighted by Gasteiger charge is 2.34. The largest absolute Gasteiger partial charge is 0.497 e. The smallest absolute Gasteiger partial charge is 0.308 e. The fourth-order valence-corrected chi connectivity index (χ4v) is 6.87. The summed E-state index contributed by atoms with van der Waals surface area (Å²) in [5.74, 6) is 0.168. The summed E-state index contributed by atoms with van der Waals surface area (Å²) in [5, 5.41) is 11.3. The summed E-state index contributed by atoms with van der Waals surface area (Å²) in [5.41, 5.74) is 7.57. The van der Waals surface area contributed by atoms with Crippen molar-refractivity contribution in [2.75, 3.05) is 32.5 Å². The van der Waals surface area contributed by atoms with Crippen LogP contribution in [0.3, 0.4) is 0 Å². The molecule has 1 aromatic heterocycles. The van der Waals surface area contributed by atoms with E-state index in [-0.39, 0.29) is 5.92 Å². The maximum absolute atomic E-state index is 14.8. The molecular weight excluding hydrogens is 453 g/mol. The molecule has 0 amide bonds. The topological polar surface area (TPSA) is 88.7 Å². The normalized spacial score (nSPS) is 22.8. The van der Waals surface area contributed by atoms with E-state index in [4.69, 9.17) is 10.5 Å². The lowest BCUT2D eigenvalue weighted by atomic mass is 9.81. The Morgan fingerprint density at radius 2 is 2.15 bits per heavy atom. The van der Waals surface area contributed by atoms with Gasteiger partial charge in [0.2, 0.25) is 0 Å². The maximum atomic E-state index is 14.8. The molecule has 2 heterocycles. The molecule has 1 aliphatic carbocycles. The number of benzene rings is 1. The van der Waals surface area contributed by atoms with Crippen LogP contribution in [0.4, 0.5) is 4.39 Å². The molecule has 0 spiro atoms. The monoisotopic (exact) mass is 489 g/mol. The zero-order valence-corrected chi connectivity index (χ0v) is 20.7. The number of aliphatic carboxylic acids is 1. The Bertz CT molecular complexity index is 985. The Labute approximate surface area is 205 Å². The van der Waals surface area contributed by atoms with Crippen molar-refractivity contribution in [3.05, 3.63) is 35.8 Å². The first kappa shape index (κ1) is 25.2. The number of ether oxygens (including phenoxy) is 1. The van der Waals surface area contributed by atoms with E-state index in [2.05, 4.69) is 9.88 Å². The summed E-state index contributed by atoms with van der Waals surface area (Å²) in [6.45, 7) is 2.45. The zero-order chi connectivity index (χ0) is 24.1. The van der Waals surface area contributed by atoms with Crippen molar-refractivity contribution in [2.24, 2.45) is 17.6 Å². The molecule has 3 unspecified atom stereocenters. The highest BCUT2D eigenvalue weighted by molar-refractivity contribution is 7.99. The Balaban J connectivity index is 1.36. The molecule has 2 fully saturated rings. The molecule has 0 radical (unpaired) electrons. The maximum Gasteiger partial charge on any atom is 0.308 e. The van der Waals surface area contributed by atoms with Crippen LogP contribution in [0.5, 0.6) is 5.75 Å². The quantitative estimate of drug-likeness (QED) is 0.493. The molecule has 6 nitrogen and oxygen atoms in total. The summed E-state index contributed by atoms with van der Waals surface area (Å²) in [6, 6.07) is 4.82. The minimum absolute atomic E-state index is 0.0491. The number of rotatable bonds is 10. The van der Waals surface area contributed by atoms with Gasteiger partial charge < -0.3 is 20.5 Å². The Kier molecular flexibility index (Phi) is 8.66. The van der Waals surface area contributed by atoms with Crippen molar-refractivity contribution in [3.63, 3.8) is 0 Å². The van der Waals surface area contributed by atoms with Gasteiger partial charge >= 0.3 is 5.97 Å². The molecule has 1 saturated heterocycles. The fourth-order valence-electron chi connectivity index (χ4n) is 5.51. The number of thioether (sulfide) groups is 1.